The molecule has 2 rings (SSSR count). The Bertz CT molecular complexity index is 998. The first kappa shape index (κ1) is 21.6. The summed E-state index contributed by atoms with van der Waals surface area (Å²) in [5.41, 5.74) is 0.644. The van der Waals surface area contributed by atoms with Crippen LogP contribution in [-0.4, -0.2) is 46.6 Å². The number of rotatable bonds is 8. The number of thiophene rings is 1. The third kappa shape index (κ3) is 4.96. The van der Waals surface area contributed by atoms with Crippen LogP contribution in [0.1, 0.15) is 25.8 Å². The van der Waals surface area contributed by atoms with Gasteiger partial charge in [-0.05, 0) is 49.4 Å². The molecule has 1 aromatic heterocycles. The Kier molecular flexibility index (Phi) is 6.74. The van der Waals surface area contributed by atoms with E-state index in [1.165, 1.54) is 22.6 Å². The number of benzene rings is 1. The maximum Gasteiger partial charge on any atom is 0.264 e. The van der Waals surface area contributed by atoms with Crippen LogP contribution in [0.2, 0.25) is 5.02 Å². The molecule has 6 nitrogen and oxygen atoms in total. The minimum atomic E-state index is -3.79. The molecule has 1 aromatic carbocycles. The zero-order chi connectivity index (χ0) is 19.7. The van der Waals surface area contributed by atoms with E-state index >= 15 is 0 Å². The minimum Gasteiger partial charge on any atom is -0.266 e. The molecule has 0 aliphatic heterocycles. The Hall–Kier alpha value is -0.710. The smallest absolute Gasteiger partial charge is 0.264 e. The van der Waals surface area contributed by atoms with Crippen LogP contribution in [0.4, 0.5) is 0 Å². The largest absolute Gasteiger partial charge is 0.266 e. The van der Waals surface area contributed by atoms with Gasteiger partial charge in [-0.3, -0.25) is 4.18 Å². The van der Waals surface area contributed by atoms with E-state index < -0.39 is 26.2 Å². The van der Waals surface area contributed by atoms with Gasteiger partial charge in [0, 0.05) is 22.8 Å². The Morgan fingerprint density at radius 1 is 1.27 bits per heavy atom. The summed E-state index contributed by atoms with van der Waals surface area (Å²) >= 11 is 7.21. The quantitative estimate of drug-likeness (QED) is 0.586. The molecular formula is C16H22ClNO5S3. The molecule has 146 valence electrons. The first-order valence-electron chi connectivity index (χ1n) is 8.02. The number of aryl methyl sites for hydroxylation is 1. The van der Waals surface area contributed by atoms with Crippen molar-refractivity contribution in [3.63, 3.8) is 0 Å². The first-order chi connectivity index (χ1) is 12.0. The fourth-order valence-electron chi connectivity index (χ4n) is 2.71. The van der Waals surface area contributed by atoms with Gasteiger partial charge in [0.25, 0.3) is 20.1 Å². The Morgan fingerprint density at radius 2 is 1.92 bits per heavy atom. The third-order valence-corrected chi connectivity index (χ3v) is 8.35. The van der Waals surface area contributed by atoms with E-state index in [2.05, 4.69) is 0 Å². The summed E-state index contributed by atoms with van der Waals surface area (Å²) in [5, 5.41) is 1.35. The molecule has 10 heteroatoms. The second-order valence-corrected chi connectivity index (χ2v) is 11.4. The molecule has 0 N–H and O–H groups in total. The summed E-state index contributed by atoms with van der Waals surface area (Å²) in [4.78, 5) is 0. The molecule has 0 saturated heterocycles. The summed E-state index contributed by atoms with van der Waals surface area (Å²) in [5.74, 6) is 0. The van der Waals surface area contributed by atoms with Gasteiger partial charge in [-0.15, -0.1) is 11.3 Å². The van der Waals surface area contributed by atoms with Crippen LogP contribution < -0.4 is 0 Å². The van der Waals surface area contributed by atoms with Gasteiger partial charge in [0.2, 0.25) is 0 Å². The highest BCUT2D eigenvalue weighted by Crippen LogP contribution is 2.37. The van der Waals surface area contributed by atoms with Gasteiger partial charge in [-0.1, -0.05) is 18.5 Å². The lowest BCUT2D eigenvalue weighted by atomic mass is 10.2. The topological polar surface area (TPSA) is 80.8 Å². The van der Waals surface area contributed by atoms with Crippen LogP contribution >= 0.6 is 22.9 Å². The summed E-state index contributed by atoms with van der Waals surface area (Å²) in [7, 11) is -7.45. The molecule has 0 unspecified atom stereocenters. The molecule has 0 aliphatic carbocycles. The minimum absolute atomic E-state index is 0.0440. The highest BCUT2D eigenvalue weighted by molar-refractivity contribution is 7.91. The third-order valence-electron chi connectivity index (χ3n) is 3.70. The molecule has 26 heavy (non-hydrogen) atoms. The average molecular weight is 440 g/mol. The van der Waals surface area contributed by atoms with Crippen molar-refractivity contribution in [2.75, 3.05) is 19.3 Å². The van der Waals surface area contributed by atoms with E-state index in [1.807, 2.05) is 6.92 Å². The van der Waals surface area contributed by atoms with Crippen LogP contribution in [0.5, 0.6) is 0 Å². The predicted octanol–water partition coefficient (Wildman–Crippen LogP) is 3.63. The SMILES string of the molecule is CCCN(C[C@H](C)OS(C)(=O)=O)S(=O)(=O)c1sc2ccc(Cl)cc2c1C. The van der Waals surface area contributed by atoms with Crippen molar-refractivity contribution in [2.45, 2.75) is 37.5 Å². The van der Waals surface area contributed by atoms with E-state index in [0.717, 1.165) is 16.3 Å². The van der Waals surface area contributed by atoms with E-state index in [4.69, 9.17) is 15.8 Å². The molecule has 0 aliphatic rings. The van der Waals surface area contributed by atoms with Crippen LogP contribution in [0.3, 0.4) is 0 Å². The average Bonchev–Trinajstić information content (AvgIpc) is 2.82. The van der Waals surface area contributed by atoms with Crippen molar-refractivity contribution >= 4 is 53.2 Å². The van der Waals surface area contributed by atoms with Gasteiger partial charge in [0.15, 0.2) is 0 Å². The number of hydrogen-bond acceptors (Lipinski definition) is 6. The number of halogens is 1. The van der Waals surface area contributed by atoms with Gasteiger partial charge in [0.05, 0.1) is 12.4 Å². The fraction of sp³-hybridized carbons (Fsp3) is 0.500. The van der Waals surface area contributed by atoms with E-state index in [-0.39, 0.29) is 17.3 Å². The van der Waals surface area contributed by atoms with Gasteiger partial charge >= 0.3 is 0 Å². The lowest BCUT2D eigenvalue weighted by molar-refractivity contribution is 0.195. The molecule has 1 heterocycles. The highest BCUT2D eigenvalue weighted by atomic mass is 35.5. The second kappa shape index (κ2) is 8.12. The maximum absolute atomic E-state index is 13.2. The van der Waals surface area contributed by atoms with Crippen molar-refractivity contribution in [3.8, 4) is 0 Å². The Balaban J connectivity index is 2.42. The summed E-state index contributed by atoms with van der Waals surface area (Å²) in [6, 6.07) is 5.28. The van der Waals surface area contributed by atoms with Crippen LogP contribution in [0.15, 0.2) is 22.4 Å². The molecule has 0 bridgehead atoms. The normalized spacial score (nSPS) is 14.2. The Labute approximate surface area is 163 Å². The van der Waals surface area contributed by atoms with E-state index in [0.29, 0.717) is 17.0 Å². The van der Waals surface area contributed by atoms with Crippen LogP contribution in [0.25, 0.3) is 10.1 Å². The predicted molar refractivity (Wildman–Crippen MR) is 106 cm³/mol. The van der Waals surface area contributed by atoms with E-state index in [9.17, 15) is 16.8 Å². The van der Waals surface area contributed by atoms with Crippen molar-refractivity contribution < 1.29 is 21.0 Å². The van der Waals surface area contributed by atoms with Gasteiger partial charge in [-0.2, -0.15) is 12.7 Å². The number of fused-ring (bicyclic) bond motifs is 1. The van der Waals surface area contributed by atoms with E-state index in [1.54, 1.807) is 25.1 Å². The summed E-state index contributed by atoms with van der Waals surface area (Å²) < 4.78 is 56.3. The summed E-state index contributed by atoms with van der Waals surface area (Å²) in [6.07, 6.45) is 0.762. The highest BCUT2D eigenvalue weighted by Gasteiger charge is 2.30. The lowest BCUT2D eigenvalue weighted by Gasteiger charge is -2.24. The summed E-state index contributed by atoms with van der Waals surface area (Å²) in [6.45, 7) is 5.38. The molecular weight excluding hydrogens is 418 g/mol. The van der Waals surface area contributed by atoms with Crippen LogP contribution in [0, 0.1) is 6.92 Å². The molecule has 1 atom stereocenters. The number of nitrogens with zero attached hydrogens (tertiary/aromatic N) is 1. The van der Waals surface area contributed by atoms with Gasteiger partial charge in [0.1, 0.15) is 4.21 Å². The molecule has 0 amide bonds. The standard InChI is InChI=1S/C16H22ClNO5S3/c1-5-8-18(10-11(2)23-25(4,19)20)26(21,22)16-12(3)14-9-13(17)6-7-15(14)24-16/h6-7,9,11H,5,8,10H2,1-4H3/t11-/m0/s1. The monoisotopic (exact) mass is 439 g/mol. The molecule has 0 saturated carbocycles. The molecule has 2 aromatic rings. The lowest BCUT2D eigenvalue weighted by Crippen LogP contribution is -2.38. The zero-order valence-corrected chi connectivity index (χ0v) is 18.2. The molecule has 0 radical (unpaired) electrons. The van der Waals surface area contributed by atoms with Crippen molar-refractivity contribution in [2.24, 2.45) is 0 Å². The van der Waals surface area contributed by atoms with Crippen molar-refractivity contribution in [1.29, 1.82) is 0 Å². The van der Waals surface area contributed by atoms with Crippen molar-refractivity contribution in [1.82, 2.24) is 4.31 Å². The maximum atomic E-state index is 13.2. The van der Waals surface area contributed by atoms with Gasteiger partial charge in [-0.25, -0.2) is 8.42 Å². The number of hydrogen-bond donors (Lipinski definition) is 0. The molecule has 0 spiro atoms. The van der Waals surface area contributed by atoms with Gasteiger partial charge < -0.3 is 0 Å². The second-order valence-electron chi connectivity index (χ2n) is 6.13. The fourth-order valence-corrected chi connectivity index (χ4v) is 7.03. The molecule has 0 fully saturated rings. The van der Waals surface area contributed by atoms with Crippen LogP contribution in [-0.2, 0) is 24.3 Å². The first-order valence-corrected chi connectivity index (χ1v) is 12.5. The van der Waals surface area contributed by atoms with Crippen molar-refractivity contribution in [3.05, 3.63) is 28.8 Å². The number of sulfonamides is 1. The Morgan fingerprint density at radius 3 is 2.50 bits per heavy atom. The zero-order valence-electron chi connectivity index (χ0n) is 15.0.